The molecule has 5 nitrogen and oxygen atoms in total. The molecular formula is C24H25N3O2. The maximum atomic E-state index is 12.4. The van der Waals surface area contributed by atoms with Crippen molar-refractivity contribution in [1.29, 1.82) is 5.26 Å². The SMILES string of the molecule is COCCCNC(=O)/C(C#N)=C/c1cn(Cc2cccc(C)c2)c2ccccc12. The van der Waals surface area contributed by atoms with Gasteiger partial charge in [0.25, 0.3) is 5.91 Å². The zero-order valence-corrected chi connectivity index (χ0v) is 16.8. The summed E-state index contributed by atoms with van der Waals surface area (Å²) in [6.07, 6.45) is 4.38. The molecule has 0 spiro atoms. The third-order valence-corrected chi connectivity index (χ3v) is 4.73. The molecule has 3 aromatic rings. The van der Waals surface area contributed by atoms with Gasteiger partial charge in [-0.1, -0.05) is 48.0 Å². The summed E-state index contributed by atoms with van der Waals surface area (Å²) in [6, 6.07) is 18.5. The summed E-state index contributed by atoms with van der Waals surface area (Å²) in [5, 5.41) is 13.3. The largest absolute Gasteiger partial charge is 0.385 e. The summed E-state index contributed by atoms with van der Waals surface area (Å²) in [7, 11) is 1.62. The molecule has 3 rings (SSSR count). The molecule has 0 aliphatic rings. The summed E-state index contributed by atoms with van der Waals surface area (Å²) in [5.74, 6) is -0.362. The van der Waals surface area contributed by atoms with Gasteiger partial charge >= 0.3 is 0 Å². The molecular weight excluding hydrogens is 362 g/mol. The Morgan fingerprint density at radius 1 is 1.24 bits per heavy atom. The number of nitrogens with zero attached hydrogens (tertiary/aromatic N) is 2. The standard InChI is InChI=1S/C24H25N3O2/c1-18-7-5-8-19(13-18)16-27-17-21(22-9-3-4-10-23(22)27)14-20(15-25)24(28)26-11-6-12-29-2/h3-5,7-10,13-14,17H,6,11-12,16H2,1-2H3,(H,26,28)/b20-14+. The van der Waals surface area contributed by atoms with Gasteiger partial charge in [0.2, 0.25) is 0 Å². The second-order valence-electron chi connectivity index (χ2n) is 6.99. The van der Waals surface area contributed by atoms with E-state index in [-0.39, 0.29) is 11.5 Å². The van der Waals surface area contributed by atoms with Gasteiger partial charge in [0, 0.05) is 49.5 Å². The molecule has 0 aliphatic carbocycles. The number of aromatic nitrogens is 1. The Morgan fingerprint density at radius 2 is 2.07 bits per heavy atom. The van der Waals surface area contributed by atoms with Crippen LogP contribution >= 0.6 is 0 Å². The van der Waals surface area contributed by atoms with Crippen molar-refractivity contribution in [2.45, 2.75) is 19.9 Å². The van der Waals surface area contributed by atoms with Gasteiger partial charge in [-0.25, -0.2) is 0 Å². The molecule has 0 radical (unpaired) electrons. The van der Waals surface area contributed by atoms with Crippen LogP contribution < -0.4 is 5.32 Å². The molecule has 0 saturated heterocycles. The third-order valence-electron chi connectivity index (χ3n) is 4.73. The summed E-state index contributed by atoms with van der Waals surface area (Å²) < 4.78 is 7.13. The number of nitrogens with one attached hydrogen (secondary N) is 1. The number of aryl methyl sites for hydroxylation is 1. The van der Waals surface area contributed by atoms with Crippen LogP contribution in [0.5, 0.6) is 0 Å². The van der Waals surface area contributed by atoms with Gasteiger partial charge in [-0.3, -0.25) is 4.79 Å². The first-order valence-corrected chi connectivity index (χ1v) is 9.64. The number of benzene rings is 2. The van der Waals surface area contributed by atoms with Gasteiger partial charge < -0.3 is 14.6 Å². The van der Waals surface area contributed by atoms with E-state index in [1.54, 1.807) is 13.2 Å². The number of ether oxygens (including phenoxy) is 1. The van der Waals surface area contributed by atoms with Crippen molar-refractivity contribution in [1.82, 2.24) is 9.88 Å². The van der Waals surface area contributed by atoms with Crippen LogP contribution in [0.15, 0.2) is 60.3 Å². The average Bonchev–Trinajstić information content (AvgIpc) is 3.06. The summed E-state index contributed by atoms with van der Waals surface area (Å²) in [6.45, 7) is 3.84. The van der Waals surface area contributed by atoms with Crippen molar-refractivity contribution >= 4 is 22.9 Å². The van der Waals surface area contributed by atoms with Crippen LogP contribution in [-0.4, -0.2) is 30.7 Å². The van der Waals surface area contributed by atoms with Gasteiger partial charge in [0.15, 0.2) is 0 Å². The predicted octanol–water partition coefficient (Wildman–Crippen LogP) is 4.06. The lowest BCUT2D eigenvalue weighted by atomic mass is 10.1. The minimum Gasteiger partial charge on any atom is -0.385 e. The molecule has 0 bridgehead atoms. The van der Waals surface area contributed by atoms with Gasteiger partial charge in [-0.15, -0.1) is 0 Å². The zero-order valence-electron chi connectivity index (χ0n) is 16.8. The molecule has 148 valence electrons. The Balaban J connectivity index is 1.90. The second-order valence-corrected chi connectivity index (χ2v) is 6.99. The van der Waals surface area contributed by atoms with E-state index in [2.05, 4.69) is 47.1 Å². The van der Waals surface area contributed by atoms with Crippen LogP contribution in [-0.2, 0) is 16.1 Å². The zero-order chi connectivity index (χ0) is 20.6. The summed E-state index contributed by atoms with van der Waals surface area (Å²) in [5.41, 5.74) is 4.45. The maximum absolute atomic E-state index is 12.4. The number of carbonyl (C=O) groups is 1. The summed E-state index contributed by atoms with van der Waals surface area (Å²) >= 11 is 0. The minimum absolute atomic E-state index is 0.0980. The molecule has 1 amide bonds. The van der Waals surface area contributed by atoms with Gasteiger partial charge in [0.1, 0.15) is 11.6 Å². The van der Waals surface area contributed by atoms with Crippen LogP contribution in [0.1, 0.15) is 23.1 Å². The molecule has 1 aromatic heterocycles. The molecule has 0 unspecified atom stereocenters. The molecule has 0 fully saturated rings. The number of hydrogen-bond acceptors (Lipinski definition) is 3. The highest BCUT2D eigenvalue weighted by Crippen LogP contribution is 2.24. The van der Waals surface area contributed by atoms with Crippen molar-refractivity contribution in [3.8, 4) is 6.07 Å². The number of nitriles is 1. The van der Waals surface area contributed by atoms with Crippen LogP contribution in [0.25, 0.3) is 17.0 Å². The number of carbonyl (C=O) groups excluding carboxylic acids is 1. The van der Waals surface area contributed by atoms with Crippen LogP contribution in [0, 0.1) is 18.3 Å². The monoisotopic (exact) mass is 387 g/mol. The Kier molecular flexibility index (Phi) is 6.83. The topological polar surface area (TPSA) is 67.0 Å². The van der Waals surface area contributed by atoms with E-state index >= 15 is 0 Å². The van der Waals surface area contributed by atoms with E-state index in [4.69, 9.17) is 4.74 Å². The van der Waals surface area contributed by atoms with Gasteiger partial charge in [-0.05, 0) is 31.1 Å². The Labute approximate surface area is 171 Å². The van der Waals surface area contributed by atoms with E-state index in [0.29, 0.717) is 19.6 Å². The van der Waals surface area contributed by atoms with Crippen LogP contribution in [0.4, 0.5) is 0 Å². The smallest absolute Gasteiger partial charge is 0.261 e. The fourth-order valence-electron chi connectivity index (χ4n) is 3.35. The second kappa shape index (κ2) is 9.72. The van der Waals surface area contributed by atoms with E-state index in [1.165, 1.54) is 11.1 Å². The third kappa shape index (κ3) is 5.13. The first-order chi connectivity index (χ1) is 14.1. The lowest BCUT2D eigenvalue weighted by Crippen LogP contribution is -2.26. The maximum Gasteiger partial charge on any atom is 0.261 e. The minimum atomic E-state index is -0.362. The first kappa shape index (κ1) is 20.4. The van der Waals surface area contributed by atoms with E-state index in [0.717, 1.165) is 23.0 Å². The molecule has 0 saturated carbocycles. The number of amides is 1. The fourth-order valence-corrected chi connectivity index (χ4v) is 3.35. The van der Waals surface area contributed by atoms with Crippen molar-refractivity contribution in [3.05, 3.63) is 77.0 Å². The molecule has 0 aliphatic heterocycles. The predicted molar refractivity (Wildman–Crippen MR) is 115 cm³/mol. The molecule has 0 atom stereocenters. The summed E-state index contributed by atoms with van der Waals surface area (Å²) in [4.78, 5) is 12.4. The molecule has 2 aromatic carbocycles. The Morgan fingerprint density at radius 3 is 2.83 bits per heavy atom. The highest BCUT2D eigenvalue weighted by Gasteiger charge is 2.12. The Bertz CT molecular complexity index is 1070. The van der Waals surface area contributed by atoms with Crippen molar-refractivity contribution in [3.63, 3.8) is 0 Å². The lowest BCUT2D eigenvalue weighted by molar-refractivity contribution is -0.117. The van der Waals surface area contributed by atoms with E-state index in [1.807, 2.05) is 30.5 Å². The molecule has 29 heavy (non-hydrogen) atoms. The highest BCUT2D eigenvalue weighted by atomic mass is 16.5. The normalized spacial score (nSPS) is 11.4. The van der Waals surface area contributed by atoms with Crippen molar-refractivity contribution in [2.24, 2.45) is 0 Å². The highest BCUT2D eigenvalue weighted by molar-refractivity contribution is 6.04. The quantitative estimate of drug-likeness (QED) is 0.360. The molecule has 1 heterocycles. The fraction of sp³-hybridized carbons (Fsp3) is 0.250. The number of para-hydroxylation sites is 1. The molecule has 1 N–H and O–H groups in total. The van der Waals surface area contributed by atoms with Crippen LogP contribution in [0.3, 0.4) is 0 Å². The number of rotatable bonds is 8. The average molecular weight is 387 g/mol. The number of hydrogen-bond donors (Lipinski definition) is 1. The number of methoxy groups -OCH3 is 1. The van der Waals surface area contributed by atoms with E-state index in [9.17, 15) is 10.1 Å². The van der Waals surface area contributed by atoms with Crippen molar-refractivity contribution in [2.75, 3.05) is 20.3 Å². The molecule has 5 heteroatoms. The Hall–Kier alpha value is -3.36. The number of fused-ring (bicyclic) bond motifs is 1. The first-order valence-electron chi connectivity index (χ1n) is 9.64. The van der Waals surface area contributed by atoms with Gasteiger partial charge in [-0.2, -0.15) is 5.26 Å². The van der Waals surface area contributed by atoms with Crippen molar-refractivity contribution < 1.29 is 9.53 Å². The van der Waals surface area contributed by atoms with E-state index < -0.39 is 0 Å². The lowest BCUT2D eigenvalue weighted by Gasteiger charge is -2.06. The van der Waals surface area contributed by atoms with Crippen LogP contribution in [0.2, 0.25) is 0 Å². The van der Waals surface area contributed by atoms with Gasteiger partial charge in [0.05, 0.1) is 0 Å².